The Labute approximate surface area is 460 Å². The van der Waals surface area contributed by atoms with E-state index in [1.165, 1.54) is 36.2 Å². The number of methoxy groups -OCH3 is 1. The number of ketones is 1. The molecule has 78 heavy (non-hydrogen) atoms. The van der Waals surface area contributed by atoms with Crippen LogP contribution in [-0.4, -0.2) is 173 Å². The second-order valence-corrected chi connectivity index (χ2v) is 23.9. The molecule has 1 aromatic heterocycles. The summed E-state index contributed by atoms with van der Waals surface area (Å²) in [5.74, 6) is -2.30. The molecule has 2 aromatic carbocycles. The highest BCUT2D eigenvalue weighted by molar-refractivity contribution is 5.92. The molecule has 0 radical (unpaired) electrons. The zero-order valence-corrected chi connectivity index (χ0v) is 47.4. The van der Waals surface area contributed by atoms with Crippen molar-refractivity contribution < 1.29 is 58.6 Å². The Morgan fingerprint density at radius 3 is 2.49 bits per heavy atom. The van der Waals surface area contributed by atoms with Crippen molar-refractivity contribution in [2.45, 2.75) is 184 Å². The topological polar surface area (TPSA) is 224 Å². The average Bonchev–Trinajstić information content (AvgIpc) is 3.78. The number of Topliss-reactive ketones (excluding diaryl/α,β-unsaturated/α-hetero) is 1. The summed E-state index contributed by atoms with van der Waals surface area (Å²) >= 11 is 0. The Hall–Kier alpha value is -4.72. The predicted molar refractivity (Wildman–Crippen MR) is 296 cm³/mol. The standard InChI is InChI=1S/C61H87N5O12/c1-9-40-22-26-66-27-24-60-45-30-44(58(6)31-39-32-59(73,11-3)36-65(33-39)25-23-43-42-17-12-13-18-46(42)63-53(43)58)37(4)29-47(45)64(7)57(60)61(74,55(71)52(40)54(60)66)48(68)19-14-15-28-76-56(72)38(5)62-49(69)20-16-21-50(70)77-35-51(75-8)78-41(10-2)34-67/h12-13,17-18,22,29-30,38-39,41,51-52,54-55,57,63,67,71,73-74H,9-11,14-16,19-21,23-28,31-36H2,1-8H3,(H,62,69)/t38?,39?,41?,51?,52?,54?,55-,57?,58-,59?,60?,61-/m1/s1. The van der Waals surface area contributed by atoms with Gasteiger partial charge in [0.15, 0.2) is 17.7 Å². The first-order valence-corrected chi connectivity index (χ1v) is 29.0. The third kappa shape index (κ3) is 10.5. The number of likely N-dealkylation sites (N-methyl/N-ethyl adjacent to an activating group) is 1. The molecule has 6 aliphatic rings. The molecule has 1 aliphatic carbocycles. The molecule has 6 N–H and O–H groups in total. The summed E-state index contributed by atoms with van der Waals surface area (Å²) in [4.78, 5) is 64.2. The van der Waals surface area contributed by atoms with Crippen molar-refractivity contribution in [2.75, 3.05) is 71.6 Å². The van der Waals surface area contributed by atoms with E-state index >= 15 is 4.79 Å². The van der Waals surface area contributed by atoms with Crippen molar-refractivity contribution >= 4 is 40.2 Å². The lowest BCUT2D eigenvalue weighted by atomic mass is 9.51. The minimum Gasteiger partial charge on any atom is -0.464 e. The van der Waals surface area contributed by atoms with Gasteiger partial charge >= 0.3 is 11.9 Å². The molecule has 6 heterocycles. The highest BCUT2D eigenvalue weighted by Crippen LogP contribution is 2.64. The molecular formula is C61H87N5O12. The minimum atomic E-state index is -2.14. The van der Waals surface area contributed by atoms with Crippen LogP contribution >= 0.6 is 0 Å². The number of rotatable bonds is 22. The molecule has 13 atom stereocenters. The number of amides is 1. The van der Waals surface area contributed by atoms with E-state index in [0.717, 1.165) is 73.3 Å². The Kier molecular flexibility index (Phi) is 17.4. The molecular weight excluding hydrogens is 995 g/mol. The maximum Gasteiger partial charge on any atom is 0.328 e. The predicted octanol–water partition coefficient (Wildman–Crippen LogP) is 5.65. The second-order valence-electron chi connectivity index (χ2n) is 23.9. The molecule has 1 amide bonds. The summed E-state index contributed by atoms with van der Waals surface area (Å²) in [5, 5.41) is 51.6. The summed E-state index contributed by atoms with van der Waals surface area (Å²) in [6.07, 6.45) is 5.28. The zero-order chi connectivity index (χ0) is 55.9. The smallest absolute Gasteiger partial charge is 0.328 e. The third-order valence-electron chi connectivity index (χ3n) is 19.2. The number of aliphatic hydroxyl groups is 4. The Morgan fingerprint density at radius 2 is 1.76 bits per heavy atom. The summed E-state index contributed by atoms with van der Waals surface area (Å²) < 4.78 is 21.5. The van der Waals surface area contributed by atoms with E-state index in [0.29, 0.717) is 45.1 Å². The van der Waals surface area contributed by atoms with E-state index in [-0.39, 0.29) is 57.5 Å². The van der Waals surface area contributed by atoms with Crippen molar-refractivity contribution in [1.29, 1.82) is 0 Å². The summed E-state index contributed by atoms with van der Waals surface area (Å²) in [6, 6.07) is 11.4. The van der Waals surface area contributed by atoms with Crippen LogP contribution in [0, 0.1) is 18.8 Å². The number of unbranched alkanes of at least 4 members (excludes halogenated alkanes) is 1. The van der Waals surface area contributed by atoms with Gasteiger partial charge in [-0.3, -0.25) is 24.2 Å². The molecule has 428 valence electrons. The number of benzene rings is 2. The van der Waals surface area contributed by atoms with Crippen LogP contribution in [0.1, 0.15) is 140 Å². The third-order valence-corrected chi connectivity index (χ3v) is 19.2. The van der Waals surface area contributed by atoms with Gasteiger partial charge in [0.05, 0.1) is 37.1 Å². The number of piperidine rings is 1. The van der Waals surface area contributed by atoms with Gasteiger partial charge in [-0.15, -0.1) is 0 Å². The second kappa shape index (κ2) is 23.4. The van der Waals surface area contributed by atoms with Crippen LogP contribution < -0.4 is 10.2 Å². The highest BCUT2D eigenvalue weighted by atomic mass is 16.7. The molecule has 17 nitrogen and oxygen atoms in total. The van der Waals surface area contributed by atoms with Gasteiger partial charge in [0.25, 0.3) is 0 Å². The molecule has 9 rings (SSSR count). The van der Waals surface area contributed by atoms with Crippen molar-refractivity contribution in [1.82, 2.24) is 20.1 Å². The zero-order valence-electron chi connectivity index (χ0n) is 47.4. The van der Waals surface area contributed by atoms with Gasteiger partial charge in [0.1, 0.15) is 12.6 Å². The number of esters is 2. The monoisotopic (exact) mass is 1080 g/mol. The van der Waals surface area contributed by atoms with E-state index in [1.54, 1.807) is 0 Å². The maximum absolute atomic E-state index is 15.1. The molecule has 1 saturated carbocycles. The van der Waals surface area contributed by atoms with E-state index in [9.17, 15) is 34.8 Å². The van der Waals surface area contributed by atoms with Crippen LogP contribution in [0.15, 0.2) is 48.0 Å². The number of anilines is 1. The minimum absolute atomic E-state index is 0.0146. The lowest BCUT2D eigenvalue weighted by Crippen LogP contribution is -2.77. The largest absolute Gasteiger partial charge is 0.464 e. The van der Waals surface area contributed by atoms with E-state index < -0.39 is 82.2 Å². The van der Waals surface area contributed by atoms with Gasteiger partial charge in [-0.2, -0.15) is 0 Å². The Balaban J connectivity index is 0.910. The van der Waals surface area contributed by atoms with Gasteiger partial charge < -0.3 is 54.6 Å². The quantitative estimate of drug-likeness (QED) is 0.0310. The number of hydrogen-bond acceptors (Lipinski definition) is 15. The fourth-order valence-electron chi connectivity index (χ4n) is 15.4. The first-order valence-electron chi connectivity index (χ1n) is 29.0. The number of para-hydroxylation sites is 1. The van der Waals surface area contributed by atoms with Gasteiger partial charge in [-0.25, -0.2) is 4.79 Å². The van der Waals surface area contributed by atoms with Crippen LogP contribution in [0.3, 0.4) is 0 Å². The number of aromatic nitrogens is 1. The lowest BCUT2D eigenvalue weighted by Gasteiger charge is -2.59. The number of H-pyrrole nitrogens is 1. The van der Waals surface area contributed by atoms with Crippen LogP contribution in [0.4, 0.5) is 5.69 Å². The normalized spacial score (nSPS) is 31.3. The summed E-state index contributed by atoms with van der Waals surface area (Å²) in [6.45, 7) is 15.7. The molecule has 1 spiro atoms. The number of carbonyl (C=O) groups excluding carboxylic acids is 4. The highest BCUT2D eigenvalue weighted by Gasteiger charge is 2.75. The SMILES string of the molecule is CCC1=CCN2CCC34c5cc([C@@]6(C)CC7CN(CCc8c6[nH]c6ccccc86)CC(O)(CC)C7)c(C)cc5N(C)C3[C@@](O)(C(=O)CCCCOC(=O)C(C)NC(=O)CCCC(=O)OCC(OC)OC(CC)CO)[C@H](O)C1C24. The average molecular weight is 1080 g/mol. The molecule has 2 saturated heterocycles. The number of nitrogens with one attached hydrogen (secondary N) is 2. The molecule has 17 heteroatoms. The Morgan fingerprint density at radius 1 is 0.974 bits per heavy atom. The van der Waals surface area contributed by atoms with E-state index in [1.807, 2.05) is 14.0 Å². The molecule has 3 aromatic rings. The van der Waals surface area contributed by atoms with Crippen LogP contribution in [0.5, 0.6) is 0 Å². The molecule has 3 fully saturated rings. The number of aliphatic hydroxyl groups excluding tert-OH is 2. The van der Waals surface area contributed by atoms with Crippen molar-refractivity contribution in [3.8, 4) is 0 Å². The summed E-state index contributed by atoms with van der Waals surface area (Å²) in [5.41, 5.74) is 5.02. The maximum atomic E-state index is 15.1. The van der Waals surface area contributed by atoms with Crippen LogP contribution in [0.2, 0.25) is 0 Å². The fourth-order valence-corrected chi connectivity index (χ4v) is 15.4. The number of aryl methyl sites for hydroxylation is 1. The number of aromatic amines is 1. The fraction of sp³-hybridized carbons (Fsp3) is 0.672. The number of nitrogens with zero attached hydrogens (tertiary/aromatic N) is 3. The first-order chi connectivity index (χ1) is 37.3. The number of fused-ring (bicyclic) bond motifs is 6. The Bertz CT molecular complexity index is 2720. The number of carbonyl (C=O) groups is 4. The van der Waals surface area contributed by atoms with E-state index in [4.69, 9.17) is 18.9 Å². The van der Waals surface area contributed by atoms with Crippen LogP contribution in [-0.2, 0) is 55.4 Å². The van der Waals surface area contributed by atoms with Gasteiger partial charge in [-0.1, -0.05) is 56.7 Å². The number of hydrogen-bond donors (Lipinski definition) is 6. The molecule has 10 unspecified atom stereocenters. The summed E-state index contributed by atoms with van der Waals surface area (Å²) in [7, 11) is 3.39. The van der Waals surface area contributed by atoms with Crippen molar-refractivity contribution in [2.24, 2.45) is 11.8 Å². The van der Waals surface area contributed by atoms with Crippen LogP contribution in [0.25, 0.3) is 10.9 Å². The van der Waals surface area contributed by atoms with Gasteiger partial charge in [0.2, 0.25) is 5.91 Å². The van der Waals surface area contributed by atoms with E-state index in [2.05, 4.69) is 95.2 Å². The first kappa shape index (κ1) is 58.0. The molecule has 5 aliphatic heterocycles. The van der Waals surface area contributed by atoms with Crippen molar-refractivity contribution in [3.05, 3.63) is 76.0 Å². The van der Waals surface area contributed by atoms with Gasteiger partial charge in [-0.05, 0) is 132 Å². The van der Waals surface area contributed by atoms with Crippen molar-refractivity contribution in [3.63, 3.8) is 0 Å². The molecule has 2 bridgehead atoms. The lowest BCUT2D eigenvalue weighted by molar-refractivity contribution is -0.194. The number of ether oxygens (including phenoxy) is 4. The van der Waals surface area contributed by atoms with Gasteiger partial charge in [0, 0.05) is 105 Å².